The van der Waals surface area contributed by atoms with Gasteiger partial charge in [0.25, 0.3) is 11.6 Å². The largest absolute Gasteiger partial charge is 0.487 e. The second-order valence-corrected chi connectivity index (χ2v) is 6.96. The van der Waals surface area contributed by atoms with Gasteiger partial charge in [-0.3, -0.25) is 19.7 Å². The summed E-state index contributed by atoms with van der Waals surface area (Å²) in [6, 6.07) is 8.36. The van der Waals surface area contributed by atoms with E-state index in [9.17, 15) is 19.7 Å². The molecule has 1 N–H and O–H groups in total. The number of non-ortho nitro benzene ring substituents is 1. The fraction of sp³-hybridized carbons (Fsp3) is 0.222. The van der Waals surface area contributed by atoms with E-state index in [-0.39, 0.29) is 34.2 Å². The number of ether oxygens (including phenoxy) is 1. The Bertz CT molecular complexity index is 939. The lowest BCUT2D eigenvalue weighted by Crippen LogP contribution is -2.36. The lowest BCUT2D eigenvalue weighted by molar-refractivity contribution is -0.384. The standard InChI is InChI=1S/C18H15ClN2O5/c1-18(2)9-15(22)12-7-10(3-6-16(12)26-18)17(23)20-14-5-4-11(21(24)25)8-13(14)19/h3-8H,9H2,1-2H3,(H,20,23). The highest BCUT2D eigenvalue weighted by Crippen LogP contribution is 2.34. The number of halogens is 1. The fourth-order valence-corrected chi connectivity index (χ4v) is 2.93. The molecule has 0 unspecified atom stereocenters. The molecule has 0 saturated carbocycles. The molecule has 0 aliphatic carbocycles. The minimum atomic E-state index is -0.583. The molecule has 0 spiro atoms. The average Bonchev–Trinajstić information content (AvgIpc) is 2.55. The summed E-state index contributed by atoms with van der Waals surface area (Å²) in [5, 5.41) is 13.4. The van der Waals surface area contributed by atoms with Crippen LogP contribution in [0.2, 0.25) is 5.02 Å². The van der Waals surface area contributed by atoms with Crippen molar-refractivity contribution in [3.8, 4) is 5.75 Å². The Balaban J connectivity index is 1.85. The molecule has 7 nitrogen and oxygen atoms in total. The number of rotatable bonds is 3. The van der Waals surface area contributed by atoms with Crippen LogP contribution < -0.4 is 10.1 Å². The third-order valence-corrected chi connectivity index (χ3v) is 4.24. The van der Waals surface area contributed by atoms with Crippen LogP contribution in [-0.4, -0.2) is 22.2 Å². The summed E-state index contributed by atoms with van der Waals surface area (Å²) in [7, 11) is 0. The predicted octanol–water partition coefficient (Wildman–Crippen LogP) is 4.24. The van der Waals surface area contributed by atoms with Crippen molar-refractivity contribution in [3.05, 3.63) is 62.7 Å². The second-order valence-electron chi connectivity index (χ2n) is 6.55. The second kappa shape index (κ2) is 6.42. The summed E-state index contributed by atoms with van der Waals surface area (Å²) in [4.78, 5) is 34.9. The number of nitrogens with one attached hydrogen (secondary N) is 1. The third kappa shape index (κ3) is 3.52. The minimum absolute atomic E-state index is 0.0478. The molecule has 2 aromatic rings. The Hall–Kier alpha value is -2.93. The van der Waals surface area contributed by atoms with Gasteiger partial charge in [0, 0.05) is 17.7 Å². The average molecular weight is 375 g/mol. The smallest absolute Gasteiger partial charge is 0.271 e. The van der Waals surface area contributed by atoms with Gasteiger partial charge in [-0.1, -0.05) is 11.6 Å². The van der Waals surface area contributed by atoms with E-state index in [1.54, 1.807) is 12.1 Å². The third-order valence-electron chi connectivity index (χ3n) is 3.93. The molecule has 8 heteroatoms. The van der Waals surface area contributed by atoms with Crippen molar-refractivity contribution < 1.29 is 19.2 Å². The van der Waals surface area contributed by atoms with Crippen LogP contribution in [0.4, 0.5) is 11.4 Å². The van der Waals surface area contributed by atoms with Crippen molar-refractivity contribution in [2.75, 3.05) is 5.32 Å². The van der Waals surface area contributed by atoms with E-state index in [0.29, 0.717) is 11.3 Å². The van der Waals surface area contributed by atoms with Crippen molar-refractivity contribution in [3.63, 3.8) is 0 Å². The number of Topliss-reactive ketones (excluding diaryl/α,β-unsaturated/α-hetero) is 1. The number of hydrogen-bond donors (Lipinski definition) is 1. The summed E-state index contributed by atoms with van der Waals surface area (Å²) >= 11 is 5.98. The molecule has 0 saturated heterocycles. The van der Waals surface area contributed by atoms with Gasteiger partial charge in [-0.05, 0) is 38.1 Å². The van der Waals surface area contributed by atoms with Gasteiger partial charge in [0.2, 0.25) is 0 Å². The number of anilines is 1. The maximum absolute atomic E-state index is 12.4. The number of nitro groups is 1. The lowest BCUT2D eigenvalue weighted by Gasteiger charge is -2.31. The van der Waals surface area contributed by atoms with E-state index in [1.165, 1.54) is 18.2 Å². The molecule has 1 heterocycles. The molecule has 0 bridgehead atoms. The zero-order valence-corrected chi connectivity index (χ0v) is 14.8. The summed E-state index contributed by atoms with van der Waals surface area (Å²) in [6.45, 7) is 3.65. The number of fused-ring (bicyclic) bond motifs is 1. The van der Waals surface area contributed by atoms with Crippen molar-refractivity contribution in [1.29, 1.82) is 0 Å². The Morgan fingerprint density at radius 3 is 2.65 bits per heavy atom. The van der Waals surface area contributed by atoms with Gasteiger partial charge >= 0.3 is 0 Å². The molecular formula is C18H15ClN2O5. The van der Waals surface area contributed by atoms with Crippen LogP contribution >= 0.6 is 11.6 Å². The first-order valence-electron chi connectivity index (χ1n) is 7.78. The molecule has 1 amide bonds. The molecule has 0 fully saturated rings. The summed E-state index contributed by atoms with van der Waals surface area (Å²) < 4.78 is 5.76. The van der Waals surface area contributed by atoms with Crippen LogP contribution in [0, 0.1) is 10.1 Å². The van der Waals surface area contributed by atoms with Crippen LogP contribution in [0.1, 0.15) is 41.0 Å². The van der Waals surface area contributed by atoms with Gasteiger partial charge in [0.05, 0.1) is 27.6 Å². The first-order valence-corrected chi connectivity index (χ1v) is 8.16. The highest BCUT2D eigenvalue weighted by molar-refractivity contribution is 6.34. The number of carbonyl (C=O) groups is 2. The maximum atomic E-state index is 12.4. The maximum Gasteiger partial charge on any atom is 0.271 e. The SMILES string of the molecule is CC1(C)CC(=O)c2cc(C(=O)Nc3ccc([N+](=O)[O-])cc3Cl)ccc2O1. The van der Waals surface area contributed by atoms with Crippen LogP contribution in [0.25, 0.3) is 0 Å². The Kier molecular flexibility index (Phi) is 4.41. The van der Waals surface area contributed by atoms with E-state index < -0.39 is 16.4 Å². The number of ketones is 1. The predicted molar refractivity (Wildman–Crippen MR) is 96.2 cm³/mol. The first kappa shape index (κ1) is 17.9. The number of benzene rings is 2. The molecule has 0 atom stereocenters. The van der Waals surface area contributed by atoms with Gasteiger partial charge in [-0.15, -0.1) is 0 Å². The monoisotopic (exact) mass is 374 g/mol. The molecule has 3 rings (SSSR count). The Labute approximate surface area is 154 Å². The summed E-state index contributed by atoms with van der Waals surface area (Å²) in [5.74, 6) is -0.142. The molecule has 0 aromatic heterocycles. The van der Waals surface area contributed by atoms with Crippen molar-refractivity contribution in [2.45, 2.75) is 25.9 Å². The van der Waals surface area contributed by atoms with Gasteiger partial charge in [0.1, 0.15) is 11.4 Å². The molecule has 1 aliphatic heterocycles. The van der Waals surface area contributed by atoms with E-state index in [2.05, 4.69) is 5.32 Å². The van der Waals surface area contributed by atoms with Gasteiger partial charge in [-0.25, -0.2) is 0 Å². The minimum Gasteiger partial charge on any atom is -0.487 e. The topological polar surface area (TPSA) is 98.5 Å². The van der Waals surface area contributed by atoms with E-state index >= 15 is 0 Å². The molecule has 1 aliphatic rings. The Morgan fingerprint density at radius 2 is 2.00 bits per heavy atom. The summed E-state index contributed by atoms with van der Waals surface area (Å²) in [5.41, 5.74) is 0.0950. The van der Waals surface area contributed by atoms with Crippen LogP contribution in [0.3, 0.4) is 0 Å². The zero-order valence-electron chi connectivity index (χ0n) is 14.0. The zero-order chi connectivity index (χ0) is 19.1. The molecule has 134 valence electrons. The first-order chi connectivity index (χ1) is 12.2. The molecular weight excluding hydrogens is 360 g/mol. The number of hydrogen-bond acceptors (Lipinski definition) is 5. The van der Waals surface area contributed by atoms with Gasteiger partial charge in [-0.2, -0.15) is 0 Å². The molecule has 26 heavy (non-hydrogen) atoms. The normalized spacial score (nSPS) is 15.0. The lowest BCUT2D eigenvalue weighted by atomic mass is 9.92. The van der Waals surface area contributed by atoms with Crippen LogP contribution in [-0.2, 0) is 0 Å². The number of nitro benzene ring substituents is 1. The quantitative estimate of drug-likeness (QED) is 0.639. The fourth-order valence-electron chi connectivity index (χ4n) is 2.71. The van der Waals surface area contributed by atoms with E-state index in [4.69, 9.17) is 16.3 Å². The van der Waals surface area contributed by atoms with Gasteiger partial charge in [0.15, 0.2) is 5.78 Å². The van der Waals surface area contributed by atoms with Crippen molar-refractivity contribution in [2.24, 2.45) is 0 Å². The Morgan fingerprint density at radius 1 is 1.27 bits per heavy atom. The van der Waals surface area contributed by atoms with E-state index in [0.717, 1.165) is 6.07 Å². The highest BCUT2D eigenvalue weighted by atomic mass is 35.5. The van der Waals surface area contributed by atoms with Gasteiger partial charge < -0.3 is 10.1 Å². The summed E-state index contributed by atoms with van der Waals surface area (Å²) in [6.07, 6.45) is 0.221. The van der Waals surface area contributed by atoms with Crippen LogP contribution in [0.5, 0.6) is 5.75 Å². The van der Waals surface area contributed by atoms with Crippen LogP contribution in [0.15, 0.2) is 36.4 Å². The molecule has 0 radical (unpaired) electrons. The highest BCUT2D eigenvalue weighted by Gasteiger charge is 2.32. The van der Waals surface area contributed by atoms with E-state index in [1.807, 2.05) is 13.8 Å². The number of carbonyl (C=O) groups excluding carboxylic acids is 2. The van der Waals surface area contributed by atoms with Crippen molar-refractivity contribution >= 4 is 34.7 Å². The van der Waals surface area contributed by atoms with Crippen molar-refractivity contribution in [1.82, 2.24) is 0 Å². The molecule has 2 aromatic carbocycles. The number of amides is 1. The number of nitrogens with zero attached hydrogens (tertiary/aromatic N) is 1.